The number of nitrogens with two attached hydrogens (primary N) is 2. The Balaban J connectivity index is 1.82. The minimum atomic E-state index is -4.59. The smallest absolute Gasteiger partial charge is 0.322 e. The maximum Gasteiger partial charge on any atom is 0.446 e. The highest BCUT2D eigenvalue weighted by molar-refractivity contribution is 8.00. The Hall–Kier alpha value is -2.34. The van der Waals surface area contributed by atoms with E-state index in [4.69, 9.17) is 23.1 Å². The van der Waals surface area contributed by atoms with Gasteiger partial charge in [0.1, 0.15) is 6.33 Å². The third-order valence-electron chi connectivity index (χ3n) is 4.49. The van der Waals surface area contributed by atoms with Crippen LogP contribution in [0.25, 0.3) is 11.3 Å². The van der Waals surface area contributed by atoms with Crippen LogP contribution in [-0.4, -0.2) is 15.5 Å². The summed E-state index contributed by atoms with van der Waals surface area (Å²) in [6.45, 7) is 0. The van der Waals surface area contributed by atoms with Crippen LogP contribution in [0.1, 0.15) is 28.9 Å². The highest BCUT2D eigenvalue weighted by Crippen LogP contribution is 2.38. The van der Waals surface area contributed by atoms with Gasteiger partial charge in [0.15, 0.2) is 0 Å². The van der Waals surface area contributed by atoms with E-state index in [9.17, 15) is 26.3 Å². The highest BCUT2D eigenvalue weighted by atomic mass is 35.5. The molecule has 0 fully saturated rings. The molecule has 1 heterocycles. The van der Waals surface area contributed by atoms with E-state index in [0.717, 1.165) is 12.1 Å². The van der Waals surface area contributed by atoms with Gasteiger partial charge in [0.05, 0.1) is 34.1 Å². The number of hydrogen-bond acceptors (Lipinski definition) is 5. The molecule has 0 aliphatic rings. The number of hydrogen-bond donors (Lipinski definition) is 2. The highest BCUT2D eigenvalue weighted by Gasteiger charge is 2.33. The maximum atomic E-state index is 12.9. The summed E-state index contributed by atoms with van der Waals surface area (Å²) in [6, 6.07) is 8.48. The van der Waals surface area contributed by atoms with Crippen LogP contribution >= 0.6 is 23.4 Å². The van der Waals surface area contributed by atoms with Crippen LogP contribution in [0.4, 0.5) is 26.3 Å². The Kier molecular flexibility index (Phi) is 7.03. The van der Waals surface area contributed by atoms with Crippen LogP contribution in [0.3, 0.4) is 0 Å². The van der Waals surface area contributed by atoms with Crippen LogP contribution in [0.15, 0.2) is 59.8 Å². The monoisotopic (exact) mass is 492 g/mol. The molecular formula is C20H15ClF6N4S. The molecule has 0 bridgehead atoms. The Morgan fingerprint density at radius 2 is 1.50 bits per heavy atom. The van der Waals surface area contributed by atoms with Crippen molar-refractivity contribution in [2.45, 2.75) is 28.7 Å². The molecule has 32 heavy (non-hydrogen) atoms. The normalized spacial score (nSPS) is 14.3. The van der Waals surface area contributed by atoms with Crippen LogP contribution in [0.2, 0.25) is 5.02 Å². The van der Waals surface area contributed by atoms with Crippen molar-refractivity contribution in [2.75, 3.05) is 0 Å². The number of benzene rings is 2. The van der Waals surface area contributed by atoms with Gasteiger partial charge in [0, 0.05) is 10.5 Å². The van der Waals surface area contributed by atoms with Gasteiger partial charge in [-0.15, -0.1) is 0 Å². The summed E-state index contributed by atoms with van der Waals surface area (Å²) in [5.74, 6) is 0. The summed E-state index contributed by atoms with van der Waals surface area (Å²) in [6.07, 6.45) is -3.40. The molecule has 0 saturated heterocycles. The number of halogens is 7. The van der Waals surface area contributed by atoms with Crippen molar-refractivity contribution in [1.29, 1.82) is 0 Å². The van der Waals surface area contributed by atoms with Gasteiger partial charge < -0.3 is 11.5 Å². The molecule has 2 aromatic carbocycles. The second-order valence-electron chi connectivity index (χ2n) is 6.69. The maximum absolute atomic E-state index is 12.9. The van der Waals surface area contributed by atoms with Gasteiger partial charge in [0.25, 0.3) is 0 Å². The van der Waals surface area contributed by atoms with Crippen LogP contribution in [0, 0.1) is 0 Å². The topological polar surface area (TPSA) is 77.8 Å². The summed E-state index contributed by atoms with van der Waals surface area (Å²) < 4.78 is 76.2. The summed E-state index contributed by atoms with van der Waals surface area (Å²) in [5, 5.41) is -0.479. The fourth-order valence-electron chi connectivity index (χ4n) is 2.90. The molecule has 2 atom stereocenters. The molecular weight excluding hydrogens is 478 g/mol. The summed E-state index contributed by atoms with van der Waals surface area (Å²) in [4.78, 5) is 8.13. The molecule has 0 spiro atoms. The Bertz CT molecular complexity index is 1090. The molecule has 0 amide bonds. The first-order valence-electron chi connectivity index (χ1n) is 8.91. The van der Waals surface area contributed by atoms with E-state index < -0.39 is 34.4 Å². The Morgan fingerprint density at radius 1 is 0.844 bits per heavy atom. The molecule has 3 rings (SSSR count). The second kappa shape index (κ2) is 9.26. The molecule has 2 unspecified atom stereocenters. The number of aromatic nitrogens is 2. The van der Waals surface area contributed by atoms with E-state index in [2.05, 4.69) is 9.97 Å². The van der Waals surface area contributed by atoms with E-state index in [-0.39, 0.29) is 22.4 Å². The van der Waals surface area contributed by atoms with Crippen molar-refractivity contribution in [1.82, 2.24) is 9.97 Å². The summed E-state index contributed by atoms with van der Waals surface area (Å²) in [5.41, 5.74) is 8.38. The molecule has 0 saturated carbocycles. The summed E-state index contributed by atoms with van der Waals surface area (Å²) in [7, 11) is 0. The van der Waals surface area contributed by atoms with E-state index >= 15 is 0 Å². The molecule has 170 valence electrons. The van der Waals surface area contributed by atoms with Gasteiger partial charge in [-0.1, -0.05) is 29.8 Å². The predicted molar refractivity (Wildman–Crippen MR) is 110 cm³/mol. The lowest BCUT2D eigenvalue weighted by molar-refractivity contribution is -0.137. The number of nitrogens with zero attached hydrogens (tertiary/aromatic N) is 2. The average Bonchev–Trinajstić information content (AvgIpc) is 2.71. The van der Waals surface area contributed by atoms with Gasteiger partial charge in [-0.3, -0.25) is 0 Å². The molecule has 0 aliphatic heterocycles. The van der Waals surface area contributed by atoms with Gasteiger partial charge in [-0.25, -0.2) is 9.97 Å². The van der Waals surface area contributed by atoms with E-state index in [1.165, 1.54) is 42.7 Å². The SMILES string of the molecule is NC(c1ccc(SC(F)(F)F)cc1)C(N)c1cc(-c2ccc(C(F)(F)F)c(Cl)c2)ncn1. The zero-order valence-electron chi connectivity index (χ0n) is 16.0. The molecule has 4 N–H and O–H groups in total. The van der Waals surface area contributed by atoms with Crippen molar-refractivity contribution in [3.05, 3.63) is 76.7 Å². The molecule has 12 heteroatoms. The first kappa shape index (κ1) is 24.3. The summed E-state index contributed by atoms with van der Waals surface area (Å²) >= 11 is 5.52. The minimum Gasteiger partial charge on any atom is -0.322 e. The molecule has 3 aromatic rings. The zero-order chi connectivity index (χ0) is 23.7. The van der Waals surface area contributed by atoms with Crippen molar-refractivity contribution in [3.8, 4) is 11.3 Å². The number of alkyl halides is 6. The molecule has 4 nitrogen and oxygen atoms in total. The van der Waals surface area contributed by atoms with Crippen molar-refractivity contribution in [3.63, 3.8) is 0 Å². The van der Waals surface area contributed by atoms with Gasteiger partial charge in [-0.05, 0) is 47.7 Å². The largest absolute Gasteiger partial charge is 0.446 e. The van der Waals surface area contributed by atoms with E-state index in [1.54, 1.807) is 0 Å². The predicted octanol–water partition coefficient (Wildman–Crippen LogP) is 6.13. The quantitative estimate of drug-likeness (QED) is 0.331. The van der Waals surface area contributed by atoms with E-state index in [0.29, 0.717) is 16.8 Å². The fourth-order valence-corrected chi connectivity index (χ4v) is 3.73. The lowest BCUT2D eigenvalue weighted by atomic mass is 9.97. The van der Waals surface area contributed by atoms with Crippen molar-refractivity contribution >= 4 is 23.4 Å². The van der Waals surface area contributed by atoms with Crippen LogP contribution in [-0.2, 0) is 6.18 Å². The second-order valence-corrected chi connectivity index (χ2v) is 8.23. The molecule has 1 aromatic heterocycles. The third-order valence-corrected chi connectivity index (χ3v) is 5.54. The fraction of sp³-hybridized carbons (Fsp3) is 0.200. The van der Waals surface area contributed by atoms with Gasteiger partial charge in [-0.2, -0.15) is 26.3 Å². The molecule has 0 aliphatic carbocycles. The van der Waals surface area contributed by atoms with Gasteiger partial charge in [0.2, 0.25) is 0 Å². The lowest BCUT2D eigenvalue weighted by Gasteiger charge is -2.20. The van der Waals surface area contributed by atoms with E-state index in [1.807, 2.05) is 0 Å². The number of rotatable bonds is 5. The first-order chi connectivity index (χ1) is 14.8. The number of thioether (sulfide) groups is 1. The zero-order valence-corrected chi connectivity index (χ0v) is 17.5. The average molecular weight is 493 g/mol. The Labute approximate surface area is 188 Å². The van der Waals surface area contributed by atoms with Crippen LogP contribution < -0.4 is 11.5 Å². The minimum absolute atomic E-state index is 0.00512. The standard InChI is InChI=1S/C20H15ClF6N4S/c21-14-7-11(3-6-13(14)19(22,23)24)15-8-16(31-9-30-15)18(29)17(28)10-1-4-12(5-2-10)32-20(25,26)27/h1-9,17-18H,28-29H2. The first-order valence-corrected chi connectivity index (χ1v) is 10.1. The lowest BCUT2D eigenvalue weighted by Crippen LogP contribution is -2.27. The van der Waals surface area contributed by atoms with Crippen molar-refractivity contribution in [2.24, 2.45) is 11.5 Å². The molecule has 0 radical (unpaired) electrons. The van der Waals surface area contributed by atoms with Crippen molar-refractivity contribution < 1.29 is 26.3 Å². The third kappa shape index (κ3) is 5.91. The van der Waals surface area contributed by atoms with Crippen LogP contribution in [0.5, 0.6) is 0 Å². The van der Waals surface area contributed by atoms with Gasteiger partial charge >= 0.3 is 11.7 Å². The Morgan fingerprint density at radius 3 is 2.06 bits per heavy atom.